The van der Waals surface area contributed by atoms with Crippen LogP contribution < -0.4 is 15.1 Å². The van der Waals surface area contributed by atoms with E-state index in [2.05, 4.69) is 0 Å². The van der Waals surface area contributed by atoms with Crippen molar-refractivity contribution < 1.29 is 18.3 Å². The molecular weight excluding hydrogens is 320 g/mol. The van der Waals surface area contributed by atoms with Crippen LogP contribution in [0.15, 0.2) is 56.3 Å². The third kappa shape index (κ3) is 2.36. The van der Waals surface area contributed by atoms with E-state index in [4.69, 9.17) is 18.3 Å². The molecule has 0 amide bonds. The summed E-state index contributed by atoms with van der Waals surface area (Å²) in [4.78, 5) is 12.6. The summed E-state index contributed by atoms with van der Waals surface area (Å²) in [5, 5.41) is 1.19. The Morgan fingerprint density at radius 2 is 1.76 bits per heavy atom. The molecule has 25 heavy (non-hydrogen) atoms. The van der Waals surface area contributed by atoms with E-state index in [9.17, 15) is 4.79 Å². The lowest BCUT2D eigenvalue weighted by molar-refractivity contribution is 0.355. The van der Waals surface area contributed by atoms with Crippen molar-refractivity contribution in [2.45, 2.75) is 6.92 Å². The Hall–Kier alpha value is -3.21. The Labute approximate surface area is 143 Å². The highest BCUT2D eigenvalue weighted by molar-refractivity contribution is 6.06. The van der Waals surface area contributed by atoms with Gasteiger partial charge < -0.3 is 18.3 Å². The summed E-state index contributed by atoms with van der Waals surface area (Å²) >= 11 is 0. The number of aryl methyl sites for hydroxylation is 1. The molecular formula is C20H16O5. The summed E-state index contributed by atoms with van der Waals surface area (Å²) in [7, 11) is 3.15. The fraction of sp³-hybridized carbons (Fsp3) is 0.150. The SMILES string of the molecule is COc1ccc(-c2coc3c2c(=O)oc2cc(C)ccc23)cc1OC. The number of furan rings is 1. The second-order valence-corrected chi connectivity index (χ2v) is 5.81. The zero-order chi connectivity index (χ0) is 17.6. The van der Waals surface area contributed by atoms with Crippen molar-refractivity contribution in [3.63, 3.8) is 0 Å². The van der Waals surface area contributed by atoms with Crippen molar-refractivity contribution >= 4 is 21.9 Å². The molecule has 0 aliphatic heterocycles. The van der Waals surface area contributed by atoms with Gasteiger partial charge in [-0.15, -0.1) is 0 Å². The van der Waals surface area contributed by atoms with E-state index in [1.54, 1.807) is 26.5 Å². The summed E-state index contributed by atoms with van der Waals surface area (Å²) in [5.74, 6) is 1.20. The quantitative estimate of drug-likeness (QED) is 0.514. The minimum Gasteiger partial charge on any atom is -0.493 e. The molecule has 0 fully saturated rings. The van der Waals surface area contributed by atoms with Crippen LogP contribution in [0.2, 0.25) is 0 Å². The van der Waals surface area contributed by atoms with Crippen LogP contribution in [0.4, 0.5) is 0 Å². The van der Waals surface area contributed by atoms with E-state index in [1.807, 2.05) is 37.3 Å². The first-order valence-electron chi connectivity index (χ1n) is 7.79. The van der Waals surface area contributed by atoms with Gasteiger partial charge in [0.2, 0.25) is 0 Å². The fourth-order valence-electron chi connectivity index (χ4n) is 3.03. The number of methoxy groups -OCH3 is 2. The number of hydrogen-bond donors (Lipinski definition) is 0. The van der Waals surface area contributed by atoms with Gasteiger partial charge in [-0.3, -0.25) is 0 Å². The molecule has 0 saturated carbocycles. The van der Waals surface area contributed by atoms with E-state index in [0.717, 1.165) is 16.5 Å². The lowest BCUT2D eigenvalue weighted by Gasteiger charge is -2.08. The van der Waals surface area contributed by atoms with Gasteiger partial charge in [0.25, 0.3) is 0 Å². The number of ether oxygens (including phenoxy) is 2. The highest BCUT2D eigenvalue weighted by atomic mass is 16.5. The molecule has 2 heterocycles. The van der Waals surface area contributed by atoms with E-state index in [1.165, 1.54) is 0 Å². The molecule has 126 valence electrons. The Bertz CT molecular complexity index is 1150. The van der Waals surface area contributed by atoms with Gasteiger partial charge in [0.05, 0.1) is 25.9 Å². The average molecular weight is 336 g/mol. The van der Waals surface area contributed by atoms with E-state index < -0.39 is 5.63 Å². The van der Waals surface area contributed by atoms with Gasteiger partial charge >= 0.3 is 5.63 Å². The van der Waals surface area contributed by atoms with Crippen molar-refractivity contribution in [2.75, 3.05) is 14.2 Å². The smallest absolute Gasteiger partial charge is 0.348 e. The zero-order valence-electron chi connectivity index (χ0n) is 14.1. The van der Waals surface area contributed by atoms with Crippen molar-refractivity contribution in [3.05, 3.63) is 58.6 Å². The van der Waals surface area contributed by atoms with Gasteiger partial charge in [-0.25, -0.2) is 4.79 Å². The van der Waals surface area contributed by atoms with E-state index in [0.29, 0.717) is 33.6 Å². The van der Waals surface area contributed by atoms with Crippen LogP contribution in [0.3, 0.4) is 0 Å². The summed E-state index contributed by atoms with van der Waals surface area (Å²) in [6, 6.07) is 11.1. The lowest BCUT2D eigenvalue weighted by Crippen LogP contribution is -1.99. The molecule has 0 unspecified atom stereocenters. The normalized spacial score (nSPS) is 11.2. The summed E-state index contributed by atoms with van der Waals surface area (Å²) in [6.07, 6.45) is 1.57. The van der Waals surface area contributed by atoms with Gasteiger partial charge in [0.15, 0.2) is 17.1 Å². The number of benzene rings is 2. The first-order valence-corrected chi connectivity index (χ1v) is 7.79. The van der Waals surface area contributed by atoms with Crippen LogP contribution in [0, 0.1) is 6.92 Å². The first kappa shape index (κ1) is 15.3. The maximum Gasteiger partial charge on any atom is 0.348 e. The molecule has 2 aromatic heterocycles. The molecule has 0 bridgehead atoms. The molecule has 0 atom stereocenters. The number of hydrogen-bond acceptors (Lipinski definition) is 5. The minimum absolute atomic E-state index is 0.420. The molecule has 5 heteroatoms. The van der Waals surface area contributed by atoms with Gasteiger partial charge in [-0.2, -0.15) is 0 Å². The average Bonchev–Trinajstić information content (AvgIpc) is 3.06. The van der Waals surface area contributed by atoms with Gasteiger partial charge in [0, 0.05) is 5.56 Å². The third-order valence-electron chi connectivity index (χ3n) is 4.27. The second kappa shape index (κ2) is 5.70. The summed E-state index contributed by atoms with van der Waals surface area (Å²) < 4.78 is 21.8. The number of rotatable bonds is 3. The molecule has 5 nitrogen and oxygen atoms in total. The predicted octanol–water partition coefficient (Wildman–Crippen LogP) is 4.53. The first-order chi connectivity index (χ1) is 12.1. The molecule has 0 radical (unpaired) electrons. The topological polar surface area (TPSA) is 61.8 Å². The van der Waals surface area contributed by atoms with Crippen LogP contribution in [0.1, 0.15) is 5.56 Å². The van der Waals surface area contributed by atoms with Crippen LogP contribution in [0.25, 0.3) is 33.1 Å². The highest BCUT2D eigenvalue weighted by Gasteiger charge is 2.18. The lowest BCUT2D eigenvalue weighted by atomic mass is 10.0. The molecule has 4 aromatic rings. The largest absolute Gasteiger partial charge is 0.493 e. The molecule has 2 aromatic carbocycles. The molecule has 0 aliphatic rings. The molecule has 0 N–H and O–H groups in total. The van der Waals surface area contributed by atoms with Crippen LogP contribution >= 0.6 is 0 Å². The van der Waals surface area contributed by atoms with Crippen molar-refractivity contribution in [3.8, 4) is 22.6 Å². The summed E-state index contributed by atoms with van der Waals surface area (Å²) in [6.45, 7) is 1.95. The predicted molar refractivity (Wildman–Crippen MR) is 95.5 cm³/mol. The van der Waals surface area contributed by atoms with Gasteiger partial charge in [-0.1, -0.05) is 12.1 Å². The third-order valence-corrected chi connectivity index (χ3v) is 4.27. The molecule has 4 rings (SSSR count). The van der Waals surface area contributed by atoms with Crippen LogP contribution in [-0.4, -0.2) is 14.2 Å². The maximum atomic E-state index is 12.6. The van der Waals surface area contributed by atoms with Gasteiger partial charge in [-0.05, 0) is 42.3 Å². The Morgan fingerprint density at radius 1 is 0.960 bits per heavy atom. The van der Waals surface area contributed by atoms with Crippen molar-refractivity contribution in [1.29, 1.82) is 0 Å². The van der Waals surface area contributed by atoms with Crippen molar-refractivity contribution in [1.82, 2.24) is 0 Å². The second-order valence-electron chi connectivity index (χ2n) is 5.81. The van der Waals surface area contributed by atoms with Gasteiger partial charge in [0.1, 0.15) is 11.0 Å². The zero-order valence-corrected chi connectivity index (χ0v) is 14.1. The molecule has 0 saturated heterocycles. The van der Waals surface area contributed by atoms with Crippen molar-refractivity contribution in [2.24, 2.45) is 0 Å². The Morgan fingerprint density at radius 3 is 2.52 bits per heavy atom. The van der Waals surface area contributed by atoms with E-state index >= 15 is 0 Å². The standard InChI is InChI=1S/C20H16O5/c1-11-4-6-13-16(8-11)25-20(21)18-14(10-24-19(13)18)12-5-7-15(22-2)17(9-12)23-3/h4-10H,1-3H3. The fourth-order valence-corrected chi connectivity index (χ4v) is 3.03. The minimum atomic E-state index is -0.424. The van der Waals surface area contributed by atoms with E-state index in [-0.39, 0.29) is 0 Å². The monoisotopic (exact) mass is 336 g/mol. The maximum absolute atomic E-state index is 12.6. The Balaban J connectivity index is 2.01. The van der Waals surface area contributed by atoms with Crippen LogP contribution in [0.5, 0.6) is 11.5 Å². The summed E-state index contributed by atoms with van der Waals surface area (Å²) in [5.41, 5.74) is 3.08. The highest BCUT2D eigenvalue weighted by Crippen LogP contribution is 2.37. The Kier molecular flexibility index (Phi) is 3.50. The molecule has 0 aliphatic carbocycles. The van der Waals surface area contributed by atoms with Crippen LogP contribution in [-0.2, 0) is 0 Å². The molecule has 0 spiro atoms. The number of fused-ring (bicyclic) bond motifs is 3.